The normalized spacial score (nSPS) is 22.0. The molecule has 27 heavy (non-hydrogen) atoms. The fourth-order valence-electron chi connectivity index (χ4n) is 3.71. The Kier molecular flexibility index (Phi) is 6.18. The molecule has 4 heterocycles. The van der Waals surface area contributed by atoms with E-state index < -0.39 is 0 Å². The summed E-state index contributed by atoms with van der Waals surface area (Å²) in [5.41, 5.74) is 0.774. The summed E-state index contributed by atoms with van der Waals surface area (Å²) in [6.45, 7) is 5.57. The average molecular weight is 391 g/mol. The second kappa shape index (κ2) is 8.97. The Morgan fingerprint density at radius 1 is 1.33 bits per heavy atom. The number of hydrogen-bond acceptors (Lipinski definition) is 7. The van der Waals surface area contributed by atoms with Crippen LogP contribution in [0.2, 0.25) is 0 Å². The maximum Gasteiger partial charge on any atom is 0.226 e. The number of furan rings is 1. The summed E-state index contributed by atoms with van der Waals surface area (Å²) in [4.78, 5) is 19.4. The standard InChI is InChI=1S/C19H25N3O4S/c23-18(10-15-13-27-19(21-15)17-2-1-6-26-17)20-11-16(14-3-7-25-12-14)22-4-8-24-9-5-22/h1-2,6,13-14,16H,3-5,7-12H2,(H,20,23). The van der Waals surface area contributed by atoms with Crippen molar-refractivity contribution < 1.29 is 18.7 Å². The first kappa shape index (κ1) is 18.6. The van der Waals surface area contributed by atoms with Gasteiger partial charge in [0.25, 0.3) is 0 Å². The van der Waals surface area contributed by atoms with Crippen LogP contribution in [0.5, 0.6) is 0 Å². The van der Waals surface area contributed by atoms with E-state index >= 15 is 0 Å². The quantitative estimate of drug-likeness (QED) is 0.776. The molecular formula is C19H25N3O4S. The third-order valence-electron chi connectivity index (χ3n) is 5.16. The van der Waals surface area contributed by atoms with Crippen molar-refractivity contribution in [3.8, 4) is 10.8 Å². The van der Waals surface area contributed by atoms with Gasteiger partial charge < -0.3 is 19.2 Å². The molecule has 0 aromatic carbocycles. The lowest BCUT2D eigenvalue weighted by Crippen LogP contribution is -2.52. The largest absolute Gasteiger partial charge is 0.462 e. The lowest BCUT2D eigenvalue weighted by Gasteiger charge is -2.37. The van der Waals surface area contributed by atoms with Crippen LogP contribution in [0.25, 0.3) is 10.8 Å². The number of hydrogen-bond donors (Lipinski definition) is 1. The van der Waals surface area contributed by atoms with Crippen molar-refractivity contribution in [1.82, 2.24) is 15.2 Å². The van der Waals surface area contributed by atoms with Crippen LogP contribution in [0.15, 0.2) is 28.2 Å². The number of carbonyl (C=O) groups is 1. The highest BCUT2D eigenvalue weighted by atomic mass is 32.1. The molecule has 2 aromatic heterocycles. The van der Waals surface area contributed by atoms with E-state index in [0.29, 0.717) is 18.5 Å². The van der Waals surface area contributed by atoms with Gasteiger partial charge in [-0.05, 0) is 18.6 Å². The van der Waals surface area contributed by atoms with E-state index in [1.165, 1.54) is 11.3 Å². The van der Waals surface area contributed by atoms with E-state index in [1.807, 2.05) is 17.5 Å². The lowest BCUT2D eigenvalue weighted by atomic mass is 9.97. The first-order valence-electron chi connectivity index (χ1n) is 9.44. The number of amides is 1. The first-order chi connectivity index (χ1) is 13.3. The average Bonchev–Trinajstić information content (AvgIpc) is 3.45. The van der Waals surface area contributed by atoms with Crippen LogP contribution in [0.3, 0.4) is 0 Å². The predicted octanol–water partition coefficient (Wildman–Crippen LogP) is 1.80. The Morgan fingerprint density at radius 2 is 2.22 bits per heavy atom. The van der Waals surface area contributed by atoms with Gasteiger partial charge in [-0.1, -0.05) is 0 Å². The SMILES string of the molecule is O=C(Cc1csc(-c2ccco2)n1)NCC(C1CCOC1)N1CCOCC1. The molecule has 1 amide bonds. The highest BCUT2D eigenvalue weighted by Gasteiger charge is 2.31. The zero-order valence-electron chi connectivity index (χ0n) is 15.3. The van der Waals surface area contributed by atoms with E-state index in [0.717, 1.165) is 62.4 Å². The van der Waals surface area contributed by atoms with Crippen molar-refractivity contribution in [2.75, 3.05) is 46.1 Å². The van der Waals surface area contributed by atoms with Gasteiger partial charge in [0.15, 0.2) is 10.8 Å². The van der Waals surface area contributed by atoms with E-state index in [1.54, 1.807) is 6.26 Å². The van der Waals surface area contributed by atoms with Gasteiger partial charge in [-0.25, -0.2) is 4.98 Å². The zero-order valence-corrected chi connectivity index (χ0v) is 16.1. The Bertz CT molecular complexity index is 721. The van der Waals surface area contributed by atoms with Gasteiger partial charge in [0.2, 0.25) is 5.91 Å². The van der Waals surface area contributed by atoms with Crippen molar-refractivity contribution in [1.29, 1.82) is 0 Å². The van der Waals surface area contributed by atoms with Gasteiger partial charge in [-0.3, -0.25) is 9.69 Å². The number of rotatable bonds is 7. The lowest BCUT2D eigenvalue weighted by molar-refractivity contribution is -0.121. The Morgan fingerprint density at radius 3 is 2.96 bits per heavy atom. The Labute approximate surface area is 162 Å². The van der Waals surface area contributed by atoms with Crippen LogP contribution in [-0.2, 0) is 20.7 Å². The molecular weight excluding hydrogens is 366 g/mol. The number of ether oxygens (including phenoxy) is 2. The topological polar surface area (TPSA) is 76.8 Å². The molecule has 2 unspecified atom stereocenters. The van der Waals surface area contributed by atoms with Gasteiger partial charge in [0.05, 0.1) is 38.2 Å². The van der Waals surface area contributed by atoms with Crippen molar-refractivity contribution in [3.05, 3.63) is 29.5 Å². The summed E-state index contributed by atoms with van der Waals surface area (Å²) in [6, 6.07) is 4.01. The number of morpholine rings is 1. The van der Waals surface area contributed by atoms with Gasteiger partial charge >= 0.3 is 0 Å². The minimum atomic E-state index is 0.00321. The Balaban J connectivity index is 1.32. The highest BCUT2D eigenvalue weighted by Crippen LogP contribution is 2.24. The van der Waals surface area contributed by atoms with Gasteiger partial charge in [-0.2, -0.15) is 0 Å². The molecule has 0 spiro atoms. The molecule has 4 rings (SSSR count). The van der Waals surface area contributed by atoms with Gasteiger partial charge in [0, 0.05) is 43.6 Å². The molecule has 2 saturated heterocycles. The van der Waals surface area contributed by atoms with Crippen LogP contribution < -0.4 is 5.32 Å². The molecule has 7 nitrogen and oxygen atoms in total. The number of thiazole rings is 1. The van der Waals surface area contributed by atoms with Gasteiger partial charge in [-0.15, -0.1) is 11.3 Å². The van der Waals surface area contributed by atoms with Crippen LogP contribution in [0.1, 0.15) is 12.1 Å². The fraction of sp³-hybridized carbons (Fsp3) is 0.579. The molecule has 0 radical (unpaired) electrons. The molecule has 2 fully saturated rings. The Hall–Kier alpha value is -1.74. The smallest absolute Gasteiger partial charge is 0.226 e. The first-order valence-corrected chi connectivity index (χ1v) is 10.3. The molecule has 2 aliphatic heterocycles. The van der Waals surface area contributed by atoms with E-state index in [9.17, 15) is 4.79 Å². The molecule has 0 bridgehead atoms. The van der Waals surface area contributed by atoms with E-state index in [-0.39, 0.29) is 12.3 Å². The second-order valence-corrected chi connectivity index (χ2v) is 7.80. The van der Waals surface area contributed by atoms with Crippen LogP contribution >= 0.6 is 11.3 Å². The number of aromatic nitrogens is 1. The summed E-state index contributed by atoms with van der Waals surface area (Å²) in [5.74, 6) is 1.21. The summed E-state index contributed by atoms with van der Waals surface area (Å²) in [5, 5.41) is 5.83. The molecule has 2 aliphatic rings. The van der Waals surface area contributed by atoms with Crippen LogP contribution in [0.4, 0.5) is 0 Å². The summed E-state index contributed by atoms with van der Waals surface area (Å²) in [7, 11) is 0. The number of nitrogens with one attached hydrogen (secondary N) is 1. The third kappa shape index (κ3) is 4.76. The summed E-state index contributed by atoms with van der Waals surface area (Å²) in [6.07, 6.45) is 2.96. The molecule has 2 atom stereocenters. The second-order valence-electron chi connectivity index (χ2n) is 6.94. The highest BCUT2D eigenvalue weighted by molar-refractivity contribution is 7.13. The summed E-state index contributed by atoms with van der Waals surface area (Å²) < 4.78 is 16.4. The summed E-state index contributed by atoms with van der Waals surface area (Å²) >= 11 is 1.49. The minimum Gasteiger partial charge on any atom is -0.462 e. The van der Waals surface area contributed by atoms with E-state index in [4.69, 9.17) is 13.9 Å². The van der Waals surface area contributed by atoms with E-state index in [2.05, 4.69) is 15.2 Å². The molecule has 146 valence electrons. The van der Waals surface area contributed by atoms with Gasteiger partial charge in [0.1, 0.15) is 0 Å². The van der Waals surface area contributed by atoms with Crippen molar-refractivity contribution in [2.45, 2.75) is 18.9 Å². The van der Waals surface area contributed by atoms with Crippen molar-refractivity contribution in [2.24, 2.45) is 5.92 Å². The predicted molar refractivity (Wildman–Crippen MR) is 102 cm³/mol. The molecule has 8 heteroatoms. The zero-order chi connectivity index (χ0) is 18.5. The third-order valence-corrected chi connectivity index (χ3v) is 6.06. The number of carbonyl (C=O) groups excluding carboxylic acids is 1. The fourth-order valence-corrected chi connectivity index (χ4v) is 4.49. The molecule has 0 aliphatic carbocycles. The minimum absolute atomic E-state index is 0.00321. The van der Waals surface area contributed by atoms with Crippen LogP contribution in [0, 0.1) is 5.92 Å². The monoisotopic (exact) mass is 391 g/mol. The van der Waals surface area contributed by atoms with Crippen molar-refractivity contribution >= 4 is 17.2 Å². The maximum atomic E-state index is 12.5. The van der Waals surface area contributed by atoms with Crippen LogP contribution in [-0.4, -0.2) is 67.9 Å². The molecule has 0 saturated carbocycles. The molecule has 1 N–H and O–H groups in total. The maximum absolute atomic E-state index is 12.5. The number of nitrogens with zero attached hydrogens (tertiary/aromatic N) is 2. The molecule has 2 aromatic rings. The van der Waals surface area contributed by atoms with Crippen molar-refractivity contribution in [3.63, 3.8) is 0 Å².